The molecule has 2 atom stereocenters. The minimum absolute atomic E-state index is 0.198. The lowest BCUT2D eigenvalue weighted by molar-refractivity contribution is 0.0931. The van der Waals surface area contributed by atoms with Gasteiger partial charge in [0.25, 0.3) is 5.91 Å². The molecule has 8 nitrogen and oxygen atoms in total. The lowest BCUT2D eigenvalue weighted by Gasteiger charge is -2.13. The molecule has 3 aromatic rings. The number of rotatable bonds is 6. The number of H-pyrrole nitrogens is 1. The molecule has 3 rings (SSSR count). The van der Waals surface area contributed by atoms with Crippen molar-refractivity contribution < 1.29 is 9.90 Å². The second-order valence-electron chi connectivity index (χ2n) is 6.49. The van der Waals surface area contributed by atoms with E-state index in [4.69, 9.17) is 16.9 Å². The van der Waals surface area contributed by atoms with Crippen molar-refractivity contribution >= 4 is 17.5 Å². The van der Waals surface area contributed by atoms with Crippen molar-refractivity contribution in [1.82, 2.24) is 25.3 Å². The summed E-state index contributed by atoms with van der Waals surface area (Å²) in [6.07, 6.45) is 1.09. The second-order valence-corrected chi connectivity index (χ2v) is 6.90. The third kappa shape index (κ3) is 4.39. The Balaban J connectivity index is 1.63. The molecule has 0 saturated carbocycles. The molecule has 0 spiro atoms. The first-order chi connectivity index (χ1) is 13.4. The Kier molecular flexibility index (Phi) is 5.78. The van der Waals surface area contributed by atoms with E-state index in [0.29, 0.717) is 22.8 Å². The number of aliphatic hydroxyl groups is 1. The zero-order valence-electron chi connectivity index (χ0n) is 15.3. The van der Waals surface area contributed by atoms with Gasteiger partial charge in [0.15, 0.2) is 0 Å². The Morgan fingerprint density at radius 3 is 2.82 bits per heavy atom. The monoisotopic (exact) mass is 398 g/mol. The summed E-state index contributed by atoms with van der Waals surface area (Å²) >= 11 is 6.08. The van der Waals surface area contributed by atoms with Gasteiger partial charge in [-0.15, -0.1) is 0 Å². The Morgan fingerprint density at radius 2 is 2.18 bits per heavy atom. The molecular weight excluding hydrogens is 380 g/mol. The molecule has 0 fully saturated rings. The molecule has 2 aromatic heterocycles. The van der Waals surface area contributed by atoms with Gasteiger partial charge in [-0.3, -0.25) is 14.6 Å². The van der Waals surface area contributed by atoms with Crippen LogP contribution in [0.15, 0.2) is 36.5 Å². The lowest BCUT2D eigenvalue weighted by atomic mass is 10.1. The third-order valence-corrected chi connectivity index (χ3v) is 4.46. The minimum Gasteiger partial charge on any atom is -0.387 e. The van der Waals surface area contributed by atoms with Gasteiger partial charge in [0.1, 0.15) is 11.8 Å². The molecule has 9 heteroatoms. The fraction of sp³-hybridized carbons (Fsp3) is 0.263. The van der Waals surface area contributed by atoms with Crippen LogP contribution in [0.1, 0.15) is 41.7 Å². The summed E-state index contributed by atoms with van der Waals surface area (Å²) in [6, 6.07) is 10.3. The molecule has 0 saturated heterocycles. The van der Waals surface area contributed by atoms with Crippen LogP contribution in [0, 0.1) is 11.3 Å². The summed E-state index contributed by atoms with van der Waals surface area (Å²) < 4.78 is 1.72. The number of benzene rings is 1. The van der Waals surface area contributed by atoms with E-state index in [1.807, 2.05) is 25.3 Å². The van der Waals surface area contributed by atoms with E-state index >= 15 is 0 Å². The third-order valence-electron chi connectivity index (χ3n) is 4.14. The second kappa shape index (κ2) is 8.25. The summed E-state index contributed by atoms with van der Waals surface area (Å²) in [7, 11) is 0. The number of nitrogens with one attached hydrogen (secondary N) is 2. The van der Waals surface area contributed by atoms with Crippen LogP contribution >= 0.6 is 11.6 Å². The SMILES string of the molecule is CC(Cn1ccc(-c2ccc(C#N)c(Cl)c2)n1)NC(=O)c1cc([C@@H](C)O)[nH]n1. The van der Waals surface area contributed by atoms with Crippen LogP contribution in [0.5, 0.6) is 0 Å². The van der Waals surface area contributed by atoms with Gasteiger partial charge in [-0.05, 0) is 38.1 Å². The average molecular weight is 399 g/mol. The predicted octanol–water partition coefficient (Wildman–Crippen LogP) is 2.67. The average Bonchev–Trinajstić information content (AvgIpc) is 3.31. The van der Waals surface area contributed by atoms with Gasteiger partial charge in [0, 0.05) is 17.8 Å². The van der Waals surface area contributed by atoms with Crippen LogP contribution in [-0.2, 0) is 6.54 Å². The van der Waals surface area contributed by atoms with E-state index in [1.165, 1.54) is 6.07 Å². The van der Waals surface area contributed by atoms with E-state index in [-0.39, 0.29) is 17.6 Å². The smallest absolute Gasteiger partial charge is 0.272 e. The highest BCUT2D eigenvalue weighted by atomic mass is 35.5. The minimum atomic E-state index is -0.718. The summed E-state index contributed by atoms with van der Waals surface area (Å²) in [4.78, 5) is 12.3. The molecule has 1 unspecified atom stereocenters. The highest BCUT2D eigenvalue weighted by Crippen LogP contribution is 2.24. The molecule has 2 heterocycles. The van der Waals surface area contributed by atoms with Crippen LogP contribution in [0.2, 0.25) is 5.02 Å². The molecule has 0 radical (unpaired) electrons. The number of nitriles is 1. The number of halogens is 1. The molecule has 28 heavy (non-hydrogen) atoms. The van der Waals surface area contributed by atoms with E-state index < -0.39 is 6.10 Å². The first kappa shape index (κ1) is 19.6. The number of aromatic amines is 1. The predicted molar refractivity (Wildman–Crippen MR) is 104 cm³/mol. The largest absolute Gasteiger partial charge is 0.387 e. The maximum atomic E-state index is 12.3. The highest BCUT2D eigenvalue weighted by molar-refractivity contribution is 6.32. The molecule has 3 N–H and O–H groups in total. The van der Waals surface area contributed by atoms with Crippen molar-refractivity contribution in [1.29, 1.82) is 5.26 Å². The number of hydrogen-bond acceptors (Lipinski definition) is 5. The molecule has 0 aliphatic heterocycles. The molecule has 144 valence electrons. The Bertz CT molecular complexity index is 1030. The van der Waals surface area contributed by atoms with Gasteiger partial charge in [0.2, 0.25) is 0 Å². The van der Waals surface area contributed by atoms with Crippen LogP contribution in [-0.4, -0.2) is 37.0 Å². The highest BCUT2D eigenvalue weighted by Gasteiger charge is 2.16. The number of carbonyl (C=O) groups excluding carboxylic acids is 1. The van der Waals surface area contributed by atoms with E-state index in [9.17, 15) is 9.90 Å². The maximum Gasteiger partial charge on any atom is 0.272 e. The van der Waals surface area contributed by atoms with Crippen LogP contribution in [0.4, 0.5) is 0 Å². The Morgan fingerprint density at radius 1 is 1.39 bits per heavy atom. The van der Waals surface area contributed by atoms with Gasteiger partial charge in [0.05, 0.1) is 34.6 Å². The Hall–Kier alpha value is -3.15. The summed E-state index contributed by atoms with van der Waals surface area (Å²) in [5.74, 6) is -0.332. The molecule has 1 amide bonds. The molecule has 0 aliphatic carbocycles. The van der Waals surface area contributed by atoms with Gasteiger partial charge in [-0.2, -0.15) is 15.5 Å². The van der Waals surface area contributed by atoms with Crippen molar-refractivity contribution in [2.24, 2.45) is 0 Å². The molecular formula is C19H19ClN6O2. The first-order valence-corrected chi connectivity index (χ1v) is 9.03. The fourth-order valence-electron chi connectivity index (χ4n) is 2.67. The molecule has 0 bridgehead atoms. The van der Waals surface area contributed by atoms with Crippen LogP contribution in [0.3, 0.4) is 0 Å². The zero-order valence-corrected chi connectivity index (χ0v) is 16.1. The fourth-order valence-corrected chi connectivity index (χ4v) is 2.90. The lowest BCUT2D eigenvalue weighted by Crippen LogP contribution is -2.36. The summed E-state index contributed by atoms with van der Waals surface area (Å²) in [5, 5.41) is 32.7. The normalized spacial score (nSPS) is 13.0. The molecule has 0 aliphatic rings. The number of aromatic nitrogens is 4. The van der Waals surface area contributed by atoms with Crippen molar-refractivity contribution in [2.75, 3.05) is 0 Å². The van der Waals surface area contributed by atoms with Gasteiger partial charge in [-0.25, -0.2) is 0 Å². The van der Waals surface area contributed by atoms with Gasteiger partial charge in [-0.1, -0.05) is 17.7 Å². The standard InChI is InChI=1S/C19H19ClN6O2/c1-11(22-19(28)18-8-17(12(2)27)23-24-18)10-26-6-5-16(25-26)13-3-4-14(9-21)15(20)7-13/h3-8,11-12,27H,10H2,1-2H3,(H,22,28)(H,23,24)/t11?,12-/m1/s1. The number of amides is 1. The summed E-state index contributed by atoms with van der Waals surface area (Å²) in [6.45, 7) is 3.91. The van der Waals surface area contributed by atoms with Crippen molar-refractivity contribution in [3.63, 3.8) is 0 Å². The van der Waals surface area contributed by atoms with E-state index in [2.05, 4.69) is 20.6 Å². The van der Waals surface area contributed by atoms with Crippen molar-refractivity contribution in [3.05, 3.63) is 58.5 Å². The molecule has 1 aromatic carbocycles. The Labute approximate surface area is 166 Å². The first-order valence-electron chi connectivity index (χ1n) is 8.65. The van der Waals surface area contributed by atoms with Crippen LogP contribution in [0.25, 0.3) is 11.3 Å². The zero-order chi connectivity index (χ0) is 20.3. The van der Waals surface area contributed by atoms with Crippen molar-refractivity contribution in [2.45, 2.75) is 32.5 Å². The van der Waals surface area contributed by atoms with Crippen LogP contribution < -0.4 is 5.32 Å². The van der Waals surface area contributed by atoms with Gasteiger partial charge < -0.3 is 10.4 Å². The topological polar surface area (TPSA) is 120 Å². The van der Waals surface area contributed by atoms with E-state index in [1.54, 1.807) is 29.8 Å². The maximum absolute atomic E-state index is 12.3. The number of hydrogen-bond donors (Lipinski definition) is 3. The number of nitrogens with zero attached hydrogens (tertiary/aromatic N) is 4. The van der Waals surface area contributed by atoms with Gasteiger partial charge >= 0.3 is 0 Å². The number of aliphatic hydroxyl groups excluding tert-OH is 1. The summed E-state index contributed by atoms with van der Waals surface area (Å²) in [5.41, 5.74) is 2.64. The number of carbonyl (C=O) groups is 1. The quantitative estimate of drug-likeness (QED) is 0.589. The van der Waals surface area contributed by atoms with Crippen molar-refractivity contribution in [3.8, 4) is 17.3 Å². The van der Waals surface area contributed by atoms with E-state index in [0.717, 1.165) is 11.3 Å².